The first kappa shape index (κ1) is 9.27. The van der Waals surface area contributed by atoms with Crippen molar-refractivity contribution in [3.8, 4) is 5.75 Å². The highest BCUT2D eigenvalue weighted by atomic mass is 16.5. The summed E-state index contributed by atoms with van der Waals surface area (Å²) in [5.74, 6) is 0.870. The van der Waals surface area contributed by atoms with Gasteiger partial charge in [-0.05, 0) is 12.1 Å². The number of benzene rings is 1. The van der Waals surface area contributed by atoms with Gasteiger partial charge in [-0.25, -0.2) is 0 Å². The molecule has 0 spiro atoms. The van der Waals surface area contributed by atoms with Crippen LogP contribution in [-0.4, -0.2) is 17.6 Å². The monoisotopic (exact) mass is 216 g/mol. The van der Waals surface area contributed by atoms with E-state index in [2.05, 4.69) is 11.4 Å². The molecule has 0 atom stereocenters. The molecule has 3 rings (SSSR count). The molecule has 1 aromatic heterocycles. The number of ether oxygens (including phenoxy) is 1. The van der Waals surface area contributed by atoms with E-state index in [1.165, 1.54) is 0 Å². The average Bonchev–Trinajstić information content (AvgIpc) is 2.66. The SMILES string of the molecule is COc1cccc2cc3n(c12)CC(=O)NC3. The summed E-state index contributed by atoms with van der Waals surface area (Å²) in [4.78, 5) is 11.4. The van der Waals surface area contributed by atoms with E-state index in [1.54, 1.807) is 7.11 Å². The predicted molar refractivity (Wildman–Crippen MR) is 60.3 cm³/mol. The Morgan fingerprint density at radius 1 is 1.44 bits per heavy atom. The lowest BCUT2D eigenvalue weighted by atomic mass is 10.2. The van der Waals surface area contributed by atoms with E-state index >= 15 is 0 Å². The number of amides is 1. The van der Waals surface area contributed by atoms with Gasteiger partial charge in [0.25, 0.3) is 0 Å². The van der Waals surface area contributed by atoms with E-state index in [4.69, 9.17) is 4.74 Å². The summed E-state index contributed by atoms with van der Waals surface area (Å²) >= 11 is 0. The van der Waals surface area contributed by atoms with E-state index in [0.29, 0.717) is 13.1 Å². The normalized spacial score (nSPS) is 14.7. The Labute approximate surface area is 92.8 Å². The smallest absolute Gasteiger partial charge is 0.240 e. The first-order valence-electron chi connectivity index (χ1n) is 5.21. The molecule has 0 saturated carbocycles. The van der Waals surface area contributed by atoms with Gasteiger partial charge in [-0.2, -0.15) is 0 Å². The van der Waals surface area contributed by atoms with Crippen LogP contribution in [-0.2, 0) is 17.9 Å². The molecule has 4 nitrogen and oxygen atoms in total. The highest BCUT2D eigenvalue weighted by Crippen LogP contribution is 2.29. The highest BCUT2D eigenvalue weighted by Gasteiger charge is 2.19. The quantitative estimate of drug-likeness (QED) is 0.780. The molecule has 1 N–H and O–H groups in total. The second-order valence-electron chi connectivity index (χ2n) is 3.90. The van der Waals surface area contributed by atoms with Gasteiger partial charge in [0, 0.05) is 11.1 Å². The van der Waals surface area contributed by atoms with Crippen LogP contribution >= 0.6 is 0 Å². The van der Waals surface area contributed by atoms with E-state index in [0.717, 1.165) is 22.3 Å². The van der Waals surface area contributed by atoms with Crippen LogP contribution in [0.15, 0.2) is 24.3 Å². The number of carbonyl (C=O) groups excluding carboxylic acids is 1. The number of para-hydroxylation sites is 1. The van der Waals surface area contributed by atoms with Crippen molar-refractivity contribution in [2.75, 3.05) is 7.11 Å². The fraction of sp³-hybridized carbons (Fsp3) is 0.250. The van der Waals surface area contributed by atoms with Crippen LogP contribution in [0.5, 0.6) is 5.75 Å². The third-order valence-electron chi connectivity index (χ3n) is 2.96. The van der Waals surface area contributed by atoms with Crippen LogP contribution in [0.2, 0.25) is 0 Å². The molecule has 1 amide bonds. The predicted octanol–water partition coefficient (Wildman–Crippen LogP) is 1.28. The van der Waals surface area contributed by atoms with Crippen molar-refractivity contribution in [2.24, 2.45) is 0 Å². The molecule has 0 radical (unpaired) electrons. The number of rotatable bonds is 1. The molecule has 16 heavy (non-hydrogen) atoms. The number of fused-ring (bicyclic) bond motifs is 3. The Kier molecular flexibility index (Phi) is 1.89. The summed E-state index contributed by atoms with van der Waals surface area (Å²) in [7, 11) is 1.65. The van der Waals surface area contributed by atoms with Gasteiger partial charge < -0.3 is 14.6 Å². The number of hydrogen-bond acceptors (Lipinski definition) is 2. The van der Waals surface area contributed by atoms with Crippen LogP contribution in [0.25, 0.3) is 10.9 Å². The Bertz CT molecular complexity index is 572. The minimum atomic E-state index is 0.0518. The van der Waals surface area contributed by atoms with Crippen molar-refractivity contribution in [2.45, 2.75) is 13.1 Å². The third kappa shape index (κ3) is 1.19. The Balaban J connectivity index is 2.31. The lowest BCUT2D eigenvalue weighted by Gasteiger charge is -2.17. The van der Waals surface area contributed by atoms with Crippen molar-refractivity contribution in [1.82, 2.24) is 9.88 Å². The van der Waals surface area contributed by atoms with E-state index < -0.39 is 0 Å². The fourth-order valence-corrected chi connectivity index (χ4v) is 2.23. The first-order chi connectivity index (χ1) is 7.79. The maximum absolute atomic E-state index is 11.4. The van der Waals surface area contributed by atoms with Gasteiger partial charge in [-0.1, -0.05) is 12.1 Å². The largest absolute Gasteiger partial charge is 0.495 e. The zero-order valence-electron chi connectivity index (χ0n) is 8.99. The van der Waals surface area contributed by atoms with Crippen molar-refractivity contribution < 1.29 is 9.53 Å². The minimum absolute atomic E-state index is 0.0518. The summed E-state index contributed by atoms with van der Waals surface area (Å²) in [6.07, 6.45) is 0. The summed E-state index contributed by atoms with van der Waals surface area (Å²) < 4.78 is 7.36. The van der Waals surface area contributed by atoms with Crippen LogP contribution in [0.4, 0.5) is 0 Å². The lowest BCUT2D eigenvalue weighted by molar-refractivity contribution is -0.122. The van der Waals surface area contributed by atoms with Gasteiger partial charge in [-0.15, -0.1) is 0 Å². The molecule has 4 heteroatoms. The van der Waals surface area contributed by atoms with Crippen molar-refractivity contribution in [3.63, 3.8) is 0 Å². The van der Waals surface area contributed by atoms with Crippen LogP contribution in [0.1, 0.15) is 5.69 Å². The topological polar surface area (TPSA) is 43.3 Å². The van der Waals surface area contributed by atoms with Gasteiger partial charge in [0.15, 0.2) is 0 Å². The molecule has 1 aliphatic rings. The Hall–Kier alpha value is -1.97. The lowest BCUT2D eigenvalue weighted by Crippen LogP contribution is -2.33. The number of carbonyl (C=O) groups is 1. The molecule has 1 aromatic carbocycles. The van der Waals surface area contributed by atoms with E-state index in [-0.39, 0.29) is 5.91 Å². The molecule has 2 aromatic rings. The number of methoxy groups -OCH3 is 1. The average molecular weight is 216 g/mol. The molecular formula is C12H12N2O2. The summed E-state index contributed by atoms with van der Waals surface area (Å²) in [6, 6.07) is 8.01. The van der Waals surface area contributed by atoms with E-state index in [1.807, 2.05) is 22.8 Å². The minimum Gasteiger partial charge on any atom is -0.495 e. The third-order valence-corrected chi connectivity index (χ3v) is 2.96. The molecule has 82 valence electrons. The molecule has 0 saturated heterocycles. The maximum atomic E-state index is 11.4. The molecule has 0 unspecified atom stereocenters. The van der Waals surface area contributed by atoms with Crippen molar-refractivity contribution in [3.05, 3.63) is 30.0 Å². The second-order valence-corrected chi connectivity index (χ2v) is 3.90. The Morgan fingerprint density at radius 3 is 3.12 bits per heavy atom. The summed E-state index contributed by atoms with van der Waals surface area (Å²) in [5.41, 5.74) is 2.13. The van der Waals surface area contributed by atoms with Crippen LogP contribution in [0.3, 0.4) is 0 Å². The van der Waals surface area contributed by atoms with Crippen molar-refractivity contribution in [1.29, 1.82) is 0 Å². The zero-order valence-corrected chi connectivity index (χ0v) is 8.99. The summed E-state index contributed by atoms with van der Waals surface area (Å²) in [6.45, 7) is 0.968. The number of hydrogen-bond donors (Lipinski definition) is 1. The van der Waals surface area contributed by atoms with Gasteiger partial charge in [0.05, 0.1) is 19.2 Å². The van der Waals surface area contributed by atoms with Crippen LogP contribution < -0.4 is 10.1 Å². The molecule has 0 aliphatic carbocycles. The van der Waals surface area contributed by atoms with E-state index in [9.17, 15) is 4.79 Å². The first-order valence-corrected chi connectivity index (χ1v) is 5.21. The Morgan fingerprint density at radius 2 is 2.31 bits per heavy atom. The van der Waals surface area contributed by atoms with Gasteiger partial charge in [-0.3, -0.25) is 4.79 Å². The highest BCUT2D eigenvalue weighted by molar-refractivity contribution is 5.89. The maximum Gasteiger partial charge on any atom is 0.240 e. The molecule has 2 heterocycles. The molecule has 0 bridgehead atoms. The molecule has 0 fully saturated rings. The van der Waals surface area contributed by atoms with Gasteiger partial charge >= 0.3 is 0 Å². The van der Waals surface area contributed by atoms with Crippen LogP contribution in [0, 0.1) is 0 Å². The van der Waals surface area contributed by atoms with Crippen molar-refractivity contribution >= 4 is 16.8 Å². The number of aromatic nitrogens is 1. The molecule has 1 aliphatic heterocycles. The molecular weight excluding hydrogens is 204 g/mol. The second kappa shape index (κ2) is 3.27. The van der Waals surface area contributed by atoms with Gasteiger partial charge in [0.2, 0.25) is 5.91 Å². The standard InChI is InChI=1S/C12H12N2O2/c1-16-10-4-2-3-8-5-9-6-13-11(15)7-14(9)12(8)10/h2-5H,6-7H2,1H3,(H,13,15). The zero-order chi connectivity index (χ0) is 11.1. The number of nitrogens with zero attached hydrogens (tertiary/aromatic N) is 1. The number of nitrogens with one attached hydrogen (secondary N) is 1. The summed E-state index contributed by atoms with van der Waals surface area (Å²) in [5, 5.41) is 3.95. The fourth-order valence-electron chi connectivity index (χ4n) is 2.23. The van der Waals surface area contributed by atoms with Gasteiger partial charge in [0.1, 0.15) is 12.3 Å².